The second-order valence-corrected chi connectivity index (χ2v) is 8.32. The molecule has 22 heavy (non-hydrogen) atoms. The van der Waals surface area contributed by atoms with Crippen molar-refractivity contribution >= 4 is 10.0 Å². The van der Waals surface area contributed by atoms with Gasteiger partial charge in [0.05, 0.1) is 23.8 Å². The Morgan fingerprint density at radius 1 is 1.36 bits per heavy atom. The Morgan fingerprint density at radius 3 is 2.64 bits per heavy atom. The van der Waals surface area contributed by atoms with Gasteiger partial charge in [-0.2, -0.15) is 5.26 Å². The molecule has 2 aliphatic rings. The van der Waals surface area contributed by atoms with Crippen molar-refractivity contribution in [3.8, 4) is 6.07 Å². The lowest BCUT2D eigenvalue weighted by molar-refractivity contribution is 0.0980. The van der Waals surface area contributed by atoms with E-state index < -0.39 is 21.9 Å². The summed E-state index contributed by atoms with van der Waals surface area (Å²) in [7, 11) is -3.50. The summed E-state index contributed by atoms with van der Waals surface area (Å²) in [4.78, 5) is 1.66. The smallest absolute Gasteiger partial charge is 0.251 e. The van der Waals surface area contributed by atoms with Crippen molar-refractivity contribution in [1.82, 2.24) is 9.62 Å². The fourth-order valence-corrected chi connectivity index (χ4v) is 5.11. The molecule has 0 radical (unpaired) electrons. The van der Waals surface area contributed by atoms with Crippen LogP contribution in [0.25, 0.3) is 0 Å². The maximum absolute atomic E-state index is 12.3. The van der Waals surface area contributed by atoms with E-state index in [2.05, 4.69) is 10.8 Å². The van der Waals surface area contributed by atoms with Gasteiger partial charge in [0.15, 0.2) is 0 Å². The Hall–Kier alpha value is -0.780. The number of rotatable bonds is 7. The molecule has 1 N–H and O–H groups in total. The van der Waals surface area contributed by atoms with Gasteiger partial charge in [-0.25, -0.2) is 21.9 Å². The van der Waals surface area contributed by atoms with Crippen molar-refractivity contribution < 1.29 is 17.2 Å². The monoisotopic (exact) mass is 335 g/mol. The van der Waals surface area contributed by atoms with E-state index in [0.717, 1.165) is 19.3 Å². The summed E-state index contributed by atoms with van der Waals surface area (Å²) in [5, 5.41) is 9.26. The third-order valence-corrected chi connectivity index (χ3v) is 6.16. The highest BCUT2D eigenvalue weighted by atomic mass is 32.2. The lowest BCUT2D eigenvalue weighted by atomic mass is 9.91. The zero-order valence-electron chi connectivity index (χ0n) is 12.6. The number of nitrogens with one attached hydrogen (secondary N) is 1. The number of hydrogen-bond donors (Lipinski definition) is 1. The highest BCUT2D eigenvalue weighted by Crippen LogP contribution is 2.38. The molecule has 1 saturated heterocycles. The molecule has 8 heteroatoms. The van der Waals surface area contributed by atoms with Crippen LogP contribution in [0.3, 0.4) is 0 Å². The summed E-state index contributed by atoms with van der Waals surface area (Å²) in [6.45, 7) is 1.10. The minimum Gasteiger partial charge on any atom is -0.297 e. The van der Waals surface area contributed by atoms with E-state index in [1.54, 1.807) is 4.90 Å². The molecule has 1 unspecified atom stereocenters. The fraction of sp³-hybridized carbons (Fsp3) is 0.929. The van der Waals surface area contributed by atoms with Crippen molar-refractivity contribution in [2.24, 2.45) is 11.3 Å². The number of sulfonamides is 1. The van der Waals surface area contributed by atoms with E-state index in [4.69, 9.17) is 0 Å². The molecule has 0 aromatic heterocycles. The Morgan fingerprint density at radius 2 is 2.05 bits per heavy atom. The van der Waals surface area contributed by atoms with Gasteiger partial charge in [0, 0.05) is 13.1 Å². The van der Waals surface area contributed by atoms with Gasteiger partial charge in [-0.3, -0.25) is 4.90 Å². The molecule has 1 saturated carbocycles. The van der Waals surface area contributed by atoms with Crippen LogP contribution in [-0.2, 0) is 10.0 Å². The summed E-state index contributed by atoms with van der Waals surface area (Å²) in [6.07, 6.45) is 1.43. The standard InChI is InChI=1S/C14H23F2N3O2S/c15-13(16)9-19-6-3-12(8-19)7-18-22(20,21)11-14(10-17)4-1-2-5-14/h12-13,18H,1-9,11H2. The van der Waals surface area contributed by atoms with Gasteiger partial charge in [-0.05, 0) is 31.7 Å². The first kappa shape index (κ1) is 17.6. The van der Waals surface area contributed by atoms with Gasteiger partial charge in [-0.1, -0.05) is 12.8 Å². The topological polar surface area (TPSA) is 73.2 Å². The summed E-state index contributed by atoms with van der Waals surface area (Å²) >= 11 is 0. The molecule has 5 nitrogen and oxygen atoms in total. The second kappa shape index (κ2) is 7.20. The van der Waals surface area contributed by atoms with Crippen LogP contribution in [-0.4, -0.2) is 51.7 Å². The molecule has 1 atom stereocenters. The van der Waals surface area contributed by atoms with Crippen LogP contribution in [0.1, 0.15) is 32.1 Å². The molecular weight excluding hydrogens is 312 g/mol. The normalized spacial score (nSPS) is 25.6. The van der Waals surface area contributed by atoms with Gasteiger partial charge in [0.2, 0.25) is 10.0 Å². The van der Waals surface area contributed by atoms with Crippen molar-refractivity contribution in [3.63, 3.8) is 0 Å². The lowest BCUT2D eigenvalue weighted by Crippen LogP contribution is -2.38. The molecule has 126 valence electrons. The van der Waals surface area contributed by atoms with Crippen LogP contribution < -0.4 is 4.72 Å². The van der Waals surface area contributed by atoms with E-state index in [0.29, 0.717) is 25.9 Å². The van der Waals surface area contributed by atoms with Gasteiger partial charge in [0.25, 0.3) is 6.43 Å². The Labute approximate surface area is 130 Å². The van der Waals surface area contributed by atoms with Crippen molar-refractivity contribution in [2.75, 3.05) is 31.9 Å². The number of hydrogen-bond acceptors (Lipinski definition) is 4. The van der Waals surface area contributed by atoms with Crippen LogP contribution in [0.2, 0.25) is 0 Å². The summed E-state index contributed by atoms with van der Waals surface area (Å²) in [5.74, 6) is -0.0839. The molecular formula is C14H23F2N3O2S. The largest absolute Gasteiger partial charge is 0.297 e. The lowest BCUT2D eigenvalue weighted by Gasteiger charge is -2.21. The minimum atomic E-state index is -3.50. The first-order valence-corrected chi connectivity index (χ1v) is 9.38. The van der Waals surface area contributed by atoms with Crippen LogP contribution in [0.15, 0.2) is 0 Å². The molecule has 0 bridgehead atoms. The molecule has 0 aromatic rings. The molecule has 0 spiro atoms. The molecule has 2 fully saturated rings. The zero-order chi connectivity index (χ0) is 16.2. The van der Waals surface area contributed by atoms with E-state index in [9.17, 15) is 22.5 Å². The Bertz CT molecular complexity index is 513. The zero-order valence-corrected chi connectivity index (χ0v) is 13.4. The van der Waals surface area contributed by atoms with Crippen molar-refractivity contribution in [2.45, 2.75) is 38.5 Å². The Balaban J connectivity index is 1.80. The summed E-state index contributed by atoms with van der Waals surface area (Å²) in [6, 6.07) is 2.18. The van der Waals surface area contributed by atoms with E-state index in [1.165, 1.54) is 0 Å². The molecule has 0 amide bonds. The number of alkyl halides is 2. The van der Waals surface area contributed by atoms with Gasteiger partial charge in [0.1, 0.15) is 0 Å². The third-order valence-electron chi connectivity index (χ3n) is 4.62. The van der Waals surface area contributed by atoms with E-state index in [-0.39, 0.29) is 24.8 Å². The number of nitrogens with zero attached hydrogens (tertiary/aromatic N) is 2. The second-order valence-electron chi connectivity index (χ2n) is 6.51. The molecule has 1 heterocycles. The number of nitriles is 1. The third kappa shape index (κ3) is 4.86. The summed E-state index contributed by atoms with van der Waals surface area (Å²) < 4.78 is 51.5. The minimum absolute atomic E-state index is 0.0649. The van der Waals surface area contributed by atoms with Crippen LogP contribution in [0, 0.1) is 22.7 Å². The first-order valence-electron chi connectivity index (χ1n) is 7.73. The average molecular weight is 335 g/mol. The highest BCUT2D eigenvalue weighted by Gasteiger charge is 2.38. The fourth-order valence-electron chi connectivity index (χ4n) is 3.44. The molecule has 0 aromatic carbocycles. The predicted octanol–water partition coefficient (Wildman–Crippen LogP) is 1.58. The SMILES string of the molecule is N#CC1(CS(=O)(=O)NCC2CCN(CC(F)F)C2)CCCC1. The highest BCUT2D eigenvalue weighted by molar-refractivity contribution is 7.89. The average Bonchev–Trinajstić information content (AvgIpc) is 3.06. The quantitative estimate of drug-likeness (QED) is 0.766. The van der Waals surface area contributed by atoms with Crippen molar-refractivity contribution in [3.05, 3.63) is 0 Å². The maximum Gasteiger partial charge on any atom is 0.251 e. The maximum atomic E-state index is 12.3. The Kier molecular flexibility index (Phi) is 5.75. The van der Waals surface area contributed by atoms with E-state index in [1.807, 2.05) is 0 Å². The van der Waals surface area contributed by atoms with Crippen LogP contribution in [0.5, 0.6) is 0 Å². The first-order chi connectivity index (χ1) is 10.3. The summed E-state index contributed by atoms with van der Waals surface area (Å²) in [5.41, 5.74) is -0.747. The number of halogens is 2. The van der Waals surface area contributed by atoms with E-state index >= 15 is 0 Å². The van der Waals surface area contributed by atoms with Crippen molar-refractivity contribution in [1.29, 1.82) is 5.26 Å². The molecule has 1 aliphatic heterocycles. The van der Waals surface area contributed by atoms with Gasteiger partial charge in [-0.15, -0.1) is 0 Å². The molecule has 2 rings (SSSR count). The van der Waals surface area contributed by atoms with Crippen LogP contribution >= 0.6 is 0 Å². The number of likely N-dealkylation sites (tertiary alicyclic amines) is 1. The predicted molar refractivity (Wildman–Crippen MR) is 78.9 cm³/mol. The van der Waals surface area contributed by atoms with Crippen LogP contribution in [0.4, 0.5) is 8.78 Å². The van der Waals surface area contributed by atoms with Gasteiger partial charge < -0.3 is 0 Å². The van der Waals surface area contributed by atoms with Gasteiger partial charge >= 0.3 is 0 Å². The molecule has 1 aliphatic carbocycles.